The molecule has 0 atom stereocenters. The molecule has 4 aromatic rings. The van der Waals surface area contributed by atoms with E-state index in [-0.39, 0.29) is 11.1 Å². The van der Waals surface area contributed by atoms with Crippen molar-refractivity contribution >= 4 is 33.5 Å². The topological polar surface area (TPSA) is 93.1 Å². The Balaban J connectivity index is 1.49. The number of fused-ring (bicyclic) bond motifs is 2. The zero-order chi connectivity index (χ0) is 21.3. The van der Waals surface area contributed by atoms with Crippen LogP contribution in [0.5, 0.6) is 11.5 Å². The second kappa shape index (κ2) is 7.75. The zero-order valence-corrected chi connectivity index (χ0v) is 16.0. The summed E-state index contributed by atoms with van der Waals surface area (Å²) in [5.41, 5.74) is 0.472. The minimum atomic E-state index is -0.964. The molecule has 0 fully saturated rings. The Hall–Kier alpha value is -4.06. The predicted molar refractivity (Wildman–Crippen MR) is 113 cm³/mol. The Kier molecular flexibility index (Phi) is 4.98. The van der Waals surface area contributed by atoms with Crippen LogP contribution in [0.25, 0.3) is 21.5 Å². The van der Waals surface area contributed by atoms with Gasteiger partial charge >= 0.3 is 11.9 Å². The minimum Gasteiger partial charge on any atom is -0.478 e. The van der Waals surface area contributed by atoms with Gasteiger partial charge in [0.1, 0.15) is 11.5 Å². The Labute approximate surface area is 171 Å². The summed E-state index contributed by atoms with van der Waals surface area (Å²) < 4.78 is 11.7. The van der Waals surface area contributed by atoms with Gasteiger partial charge in [0.15, 0.2) is 0 Å². The van der Waals surface area contributed by atoms with Crippen molar-refractivity contribution in [1.29, 1.82) is 0 Å². The van der Waals surface area contributed by atoms with E-state index in [4.69, 9.17) is 19.7 Å². The van der Waals surface area contributed by atoms with Crippen molar-refractivity contribution in [3.05, 3.63) is 83.9 Å². The highest BCUT2D eigenvalue weighted by molar-refractivity contribution is 5.95. The molecule has 0 unspecified atom stereocenters. The van der Waals surface area contributed by atoms with Gasteiger partial charge in [-0.1, -0.05) is 24.3 Å². The van der Waals surface area contributed by atoms with Gasteiger partial charge in [-0.2, -0.15) is 0 Å². The maximum atomic E-state index is 11.1. The van der Waals surface area contributed by atoms with Gasteiger partial charge in [-0.05, 0) is 70.1 Å². The lowest BCUT2D eigenvalue weighted by Crippen LogP contribution is -2.19. The number of carboxylic acids is 2. The molecular formula is C24H18O6. The summed E-state index contributed by atoms with van der Waals surface area (Å²) in [6.45, 7) is 1.77. The molecule has 4 aromatic carbocycles. The molecule has 2 N–H and O–H groups in total. The molecule has 0 bridgehead atoms. The third-order valence-corrected chi connectivity index (χ3v) is 4.72. The fourth-order valence-electron chi connectivity index (χ4n) is 3.27. The van der Waals surface area contributed by atoms with Crippen LogP contribution in [0.15, 0.2) is 72.8 Å². The molecule has 0 radical (unpaired) electrons. The Morgan fingerprint density at radius 2 is 1.00 bits per heavy atom. The molecular weight excluding hydrogens is 384 g/mol. The molecule has 0 amide bonds. The second-order valence-corrected chi connectivity index (χ2v) is 6.86. The first kappa shape index (κ1) is 19.3. The van der Waals surface area contributed by atoms with E-state index in [0.717, 1.165) is 21.5 Å². The molecule has 0 aliphatic carbocycles. The van der Waals surface area contributed by atoms with Crippen LogP contribution in [-0.4, -0.2) is 28.4 Å². The van der Waals surface area contributed by atoms with Crippen LogP contribution in [0, 0.1) is 0 Å². The minimum absolute atomic E-state index is 0.236. The maximum Gasteiger partial charge on any atom is 0.335 e. The van der Waals surface area contributed by atoms with Crippen LogP contribution in [0.2, 0.25) is 0 Å². The Morgan fingerprint density at radius 3 is 1.40 bits per heavy atom. The van der Waals surface area contributed by atoms with Crippen LogP contribution < -0.4 is 9.47 Å². The number of hydrogen-bond acceptors (Lipinski definition) is 4. The highest BCUT2D eigenvalue weighted by atomic mass is 16.7. The maximum absolute atomic E-state index is 11.1. The van der Waals surface area contributed by atoms with Gasteiger partial charge in [0.05, 0.1) is 11.1 Å². The van der Waals surface area contributed by atoms with E-state index >= 15 is 0 Å². The average Bonchev–Trinajstić information content (AvgIpc) is 2.72. The summed E-state index contributed by atoms with van der Waals surface area (Å²) in [7, 11) is 0. The number of carboxylic acid groups (broad SMARTS) is 2. The SMILES string of the molecule is CC(Oc1ccc2cc(C(=O)O)ccc2c1)Oc1ccc2cc(C(=O)O)ccc2c1. The lowest BCUT2D eigenvalue weighted by molar-refractivity contribution is 0.0225. The van der Waals surface area contributed by atoms with Crippen LogP contribution >= 0.6 is 0 Å². The first-order valence-electron chi connectivity index (χ1n) is 9.26. The lowest BCUT2D eigenvalue weighted by Gasteiger charge is -2.17. The van der Waals surface area contributed by atoms with Crippen molar-refractivity contribution in [3.63, 3.8) is 0 Å². The Bertz CT molecular complexity index is 1180. The molecule has 4 rings (SSSR count). The fourth-order valence-corrected chi connectivity index (χ4v) is 3.27. The smallest absolute Gasteiger partial charge is 0.335 e. The van der Waals surface area contributed by atoms with Crippen LogP contribution in [0.4, 0.5) is 0 Å². The van der Waals surface area contributed by atoms with Crippen molar-refractivity contribution < 1.29 is 29.3 Å². The lowest BCUT2D eigenvalue weighted by atomic mass is 10.1. The number of aromatic carboxylic acids is 2. The van der Waals surface area contributed by atoms with Crippen LogP contribution in [-0.2, 0) is 0 Å². The van der Waals surface area contributed by atoms with E-state index in [1.165, 1.54) is 0 Å². The van der Waals surface area contributed by atoms with E-state index in [2.05, 4.69) is 0 Å². The van der Waals surface area contributed by atoms with Gasteiger partial charge in [-0.25, -0.2) is 9.59 Å². The fraction of sp³-hybridized carbons (Fsp3) is 0.0833. The largest absolute Gasteiger partial charge is 0.478 e. The van der Waals surface area contributed by atoms with Gasteiger partial charge in [0, 0.05) is 6.92 Å². The van der Waals surface area contributed by atoms with Crippen molar-refractivity contribution in [2.45, 2.75) is 13.2 Å². The summed E-state index contributed by atoms with van der Waals surface area (Å²) in [5, 5.41) is 21.5. The summed E-state index contributed by atoms with van der Waals surface area (Å²) in [4.78, 5) is 22.2. The molecule has 6 nitrogen and oxygen atoms in total. The zero-order valence-electron chi connectivity index (χ0n) is 16.0. The van der Waals surface area contributed by atoms with Gasteiger partial charge in [-0.15, -0.1) is 0 Å². The normalized spacial score (nSPS) is 11.0. The molecule has 0 aromatic heterocycles. The van der Waals surface area contributed by atoms with Gasteiger partial charge in [-0.3, -0.25) is 0 Å². The quantitative estimate of drug-likeness (QED) is 0.431. The van der Waals surface area contributed by atoms with E-state index in [9.17, 15) is 9.59 Å². The van der Waals surface area contributed by atoms with Crippen LogP contribution in [0.3, 0.4) is 0 Å². The van der Waals surface area contributed by atoms with Crippen molar-refractivity contribution in [2.75, 3.05) is 0 Å². The highest BCUT2D eigenvalue weighted by Gasteiger charge is 2.10. The monoisotopic (exact) mass is 402 g/mol. The van der Waals surface area contributed by atoms with Gasteiger partial charge in [0.25, 0.3) is 0 Å². The molecule has 0 saturated heterocycles. The number of benzene rings is 4. The molecule has 6 heteroatoms. The summed E-state index contributed by atoms with van der Waals surface area (Å²) in [5.74, 6) is -0.724. The third-order valence-electron chi connectivity index (χ3n) is 4.72. The standard InChI is InChI=1S/C24H18O6/c1-14(29-21-8-6-15-10-19(23(25)26)4-2-17(15)12-21)30-22-9-7-16-11-20(24(27)28)5-3-18(16)13-22/h2-14H,1H3,(H,25,26)(H,27,28). The van der Waals surface area contributed by atoms with Crippen LogP contribution in [0.1, 0.15) is 27.6 Å². The van der Waals surface area contributed by atoms with Gasteiger partial charge < -0.3 is 19.7 Å². The Morgan fingerprint density at radius 1 is 0.633 bits per heavy atom. The number of hydrogen-bond donors (Lipinski definition) is 2. The molecule has 0 spiro atoms. The van der Waals surface area contributed by atoms with E-state index in [1.807, 2.05) is 12.1 Å². The molecule has 30 heavy (non-hydrogen) atoms. The first-order valence-corrected chi connectivity index (χ1v) is 9.26. The molecule has 0 saturated carbocycles. The van der Waals surface area contributed by atoms with E-state index < -0.39 is 18.2 Å². The van der Waals surface area contributed by atoms with Crippen molar-refractivity contribution in [2.24, 2.45) is 0 Å². The summed E-state index contributed by atoms with van der Waals surface area (Å²) >= 11 is 0. The van der Waals surface area contributed by atoms with Crippen molar-refractivity contribution in [1.82, 2.24) is 0 Å². The molecule has 0 aliphatic heterocycles. The summed E-state index contributed by atoms with van der Waals surface area (Å²) in [6, 6.07) is 20.6. The predicted octanol–water partition coefficient (Wildman–Crippen LogP) is 5.19. The number of carbonyl (C=O) groups is 2. The number of ether oxygens (including phenoxy) is 2. The van der Waals surface area contributed by atoms with E-state index in [1.54, 1.807) is 67.6 Å². The third kappa shape index (κ3) is 4.03. The first-order chi connectivity index (χ1) is 14.4. The second-order valence-electron chi connectivity index (χ2n) is 6.86. The average molecular weight is 402 g/mol. The molecule has 150 valence electrons. The molecule has 0 aliphatic rings. The number of rotatable bonds is 6. The highest BCUT2D eigenvalue weighted by Crippen LogP contribution is 2.26. The molecule has 0 heterocycles. The summed E-state index contributed by atoms with van der Waals surface area (Å²) in [6.07, 6.45) is -0.573. The van der Waals surface area contributed by atoms with Crippen molar-refractivity contribution in [3.8, 4) is 11.5 Å². The van der Waals surface area contributed by atoms with E-state index in [0.29, 0.717) is 11.5 Å². The van der Waals surface area contributed by atoms with Gasteiger partial charge in [0.2, 0.25) is 6.29 Å².